The van der Waals surface area contributed by atoms with Crippen LogP contribution in [0.2, 0.25) is 10.0 Å². The summed E-state index contributed by atoms with van der Waals surface area (Å²) in [4.78, 5) is 2.07. The smallest absolute Gasteiger partial charge is 0.185 e. The highest BCUT2D eigenvalue weighted by Crippen LogP contribution is 2.24. The van der Waals surface area contributed by atoms with E-state index in [-0.39, 0.29) is 0 Å². The highest BCUT2D eigenvalue weighted by atomic mass is 35.5. The molecule has 0 fully saturated rings. The van der Waals surface area contributed by atoms with Crippen LogP contribution >= 0.6 is 35.4 Å². The van der Waals surface area contributed by atoms with Crippen LogP contribution in [0.4, 0.5) is 5.69 Å². The Balaban J connectivity index is 2.31. The highest BCUT2D eigenvalue weighted by molar-refractivity contribution is 7.80. The van der Waals surface area contributed by atoms with Crippen molar-refractivity contribution >= 4 is 46.2 Å². The first-order valence-corrected chi connectivity index (χ1v) is 6.55. The van der Waals surface area contributed by atoms with Gasteiger partial charge in [-0.2, -0.15) is 0 Å². The van der Waals surface area contributed by atoms with Crippen molar-refractivity contribution in [2.75, 3.05) is 32.6 Å². The number of halogens is 2. The van der Waals surface area contributed by atoms with E-state index in [1.807, 2.05) is 20.2 Å². The molecular weight excluding hydrogens is 291 g/mol. The second-order valence-electron chi connectivity index (χ2n) is 3.94. The number of rotatable bonds is 5. The summed E-state index contributed by atoms with van der Waals surface area (Å²) < 4.78 is 0. The number of likely N-dealkylation sites (N-methyl/N-ethyl adjacent to an activating group) is 1. The first-order chi connectivity index (χ1) is 8.49. The van der Waals surface area contributed by atoms with E-state index in [0.29, 0.717) is 15.2 Å². The quantitative estimate of drug-likeness (QED) is 0.575. The molecule has 0 spiro atoms. The Bertz CT molecular complexity index is 412. The second-order valence-corrected chi connectivity index (χ2v) is 5.16. The average molecular weight is 307 g/mol. The maximum absolute atomic E-state index is 5.89. The topological polar surface area (TPSA) is 39.3 Å². The van der Waals surface area contributed by atoms with Gasteiger partial charge in [-0.1, -0.05) is 23.2 Å². The van der Waals surface area contributed by atoms with Crippen LogP contribution in [-0.2, 0) is 0 Å². The van der Waals surface area contributed by atoms with Crippen LogP contribution in [0.15, 0.2) is 18.2 Å². The fourth-order valence-electron chi connectivity index (χ4n) is 1.14. The lowest BCUT2D eigenvalue weighted by Gasteiger charge is -2.14. The van der Waals surface area contributed by atoms with Gasteiger partial charge in [0.2, 0.25) is 0 Å². The Kier molecular flexibility index (Phi) is 6.49. The molecule has 7 heteroatoms. The fraction of sp³-hybridized carbons (Fsp3) is 0.364. The summed E-state index contributed by atoms with van der Waals surface area (Å²) in [5.74, 6) is 0. The zero-order valence-corrected chi connectivity index (χ0v) is 12.6. The van der Waals surface area contributed by atoms with E-state index in [9.17, 15) is 0 Å². The van der Waals surface area contributed by atoms with Gasteiger partial charge in [-0.3, -0.25) is 10.9 Å². The Hall–Kier alpha value is -0.750. The molecule has 0 unspecified atom stereocenters. The Morgan fingerprint density at radius 3 is 2.61 bits per heavy atom. The van der Waals surface area contributed by atoms with Gasteiger partial charge in [0.25, 0.3) is 0 Å². The molecule has 100 valence electrons. The van der Waals surface area contributed by atoms with Crippen molar-refractivity contribution in [2.24, 2.45) is 0 Å². The SMILES string of the molecule is CN(C)CCNC(=S)NNc1ccc(Cl)c(Cl)c1. The van der Waals surface area contributed by atoms with E-state index in [1.54, 1.807) is 12.1 Å². The van der Waals surface area contributed by atoms with Crippen molar-refractivity contribution in [1.82, 2.24) is 15.6 Å². The minimum Gasteiger partial charge on any atom is -0.360 e. The molecule has 1 rings (SSSR count). The third-order valence-electron chi connectivity index (χ3n) is 2.08. The molecule has 0 saturated carbocycles. The number of thiocarbonyl (C=S) groups is 1. The monoisotopic (exact) mass is 306 g/mol. The third-order valence-corrected chi connectivity index (χ3v) is 3.07. The Morgan fingerprint density at radius 2 is 2.00 bits per heavy atom. The number of benzene rings is 1. The number of nitrogens with one attached hydrogen (secondary N) is 3. The number of anilines is 1. The lowest BCUT2D eigenvalue weighted by atomic mass is 10.3. The molecule has 0 saturated heterocycles. The van der Waals surface area contributed by atoms with Crippen LogP contribution < -0.4 is 16.2 Å². The van der Waals surface area contributed by atoms with Crippen molar-refractivity contribution < 1.29 is 0 Å². The van der Waals surface area contributed by atoms with Crippen LogP contribution in [0.25, 0.3) is 0 Å². The second kappa shape index (κ2) is 7.63. The summed E-state index contributed by atoms with van der Waals surface area (Å²) >= 11 is 16.8. The minimum absolute atomic E-state index is 0.495. The maximum atomic E-state index is 5.89. The molecule has 0 aromatic heterocycles. The summed E-state index contributed by atoms with van der Waals surface area (Å²) in [5, 5.41) is 4.62. The van der Waals surface area contributed by atoms with Crippen LogP contribution in [0.3, 0.4) is 0 Å². The summed E-state index contributed by atoms with van der Waals surface area (Å²) in [5.41, 5.74) is 6.60. The molecule has 0 aliphatic rings. The maximum Gasteiger partial charge on any atom is 0.185 e. The van der Waals surface area contributed by atoms with E-state index in [4.69, 9.17) is 35.4 Å². The van der Waals surface area contributed by atoms with Crippen molar-refractivity contribution in [2.45, 2.75) is 0 Å². The van der Waals surface area contributed by atoms with Crippen molar-refractivity contribution in [1.29, 1.82) is 0 Å². The van der Waals surface area contributed by atoms with Gasteiger partial charge in [0.15, 0.2) is 5.11 Å². The lowest BCUT2D eigenvalue weighted by Crippen LogP contribution is -2.41. The molecule has 0 amide bonds. The largest absolute Gasteiger partial charge is 0.360 e. The first kappa shape index (κ1) is 15.3. The third kappa shape index (κ3) is 5.73. The predicted octanol–water partition coefficient (Wildman–Crippen LogP) is 2.35. The molecule has 0 radical (unpaired) electrons. The van der Waals surface area contributed by atoms with E-state index in [0.717, 1.165) is 18.8 Å². The van der Waals surface area contributed by atoms with E-state index in [1.165, 1.54) is 0 Å². The molecule has 0 atom stereocenters. The van der Waals surface area contributed by atoms with E-state index >= 15 is 0 Å². The van der Waals surface area contributed by atoms with Crippen molar-refractivity contribution in [3.05, 3.63) is 28.2 Å². The van der Waals surface area contributed by atoms with Gasteiger partial charge in [0, 0.05) is 13.1 Å². The number of hydrazine groups is 1. The normalized spacial score (nSPS) is 10.3. The van der Waals surface area contributed by atoms with Gasteiger partial charge < -0.3 is 10.2 Å². The summed E-state index contributed by atoms with van der Waals surface area (Å²) in [6.07, 6.45) is 0. The van der Waals surface area contributed by atoms with Gasteiger partial charge in [0.05, 0.1) is 15.7 Å². The van der Waals surface area contributed by atoms with Crippen LogP contribution in [-0.4, -0.2) is 37.2 Å². The van der Waals surface area contributed by atoms with Gasteiger partial charge in [0.1, 0.15) is 0 Å². The van der Waals surface area contributed by atoms with Crippen LogP contribution in [0.1, 0.15) is 0 Å². The Morgan fingerprint density at radius 1 is 1.28 bits per heavy atom. The summed E-state index contributed by atoms with van der Waals surface area (Å²) in [7, 11) is 4.01. The molecule has 0 heterocycles. The first-order valence-electron chi connectivity index (χ1n) is 5.38. The molecular formula is C11H16Cl2N4S. The molecule has 18 heavy (non-hydrogen) atoms. The molecule has 1 aromatic carbocycles. The minimum atomic E-state index is 0.495. The predicted molar refractivity (Wildman–Crippen MR) is 82.4 cm³/mol. The summed E-state index contributed by atoms with van der Waals surface area (Å²) in [6, 6.07) is 5.25. The fourth-order valence-corrected chi connectivity index (χ4v) is 1.59. The lowest BCUT2D eigenvalue weighted by molar-refractivity contribution is 0.412. The van der Waals surface area contributed by atoms with Gasteiger partial charge in [-0.15, -0.1) is 0 Å². The Labute approximate surface area is 123 Å². The molecule has 1 aromatic rings. The number of hydrogen-bond acceptors (Lipinski definition) is 3. The number of hydrogen-bond donors (Lipinski definition) is 3. The zero-order valence-electron chi connectivity index (χ0n) is 10.3. The van der Waals surface area contributed by atoms with Crippen molar-refractivity contribution in [3.8, 4) is 0 Å². The van der Waals surface area contributed by atoms with Crippen LogP contribution in [0, 0.1) is 0 Å². The van der Waals surface area contributed by atoms with Gasteiger partial charge >= 0.3 is 0 Å². The van der Waals surface area contributed by atoms with E-state index in [2.05, 4.69) is 21.1 Å². The molecule has 3 N–H and O–H groups in total. The summed E-state index contributed by atoms with van der Waals surface area (Å²) in [6.45, 7) is 1.69. The molecule has 0 bridgehead atoms. The average Bonchev–Trinajstić information content (AvgIpc) is 2.30. The molecule has 4 nitrogen and oxygen atoms in total. The number of nitrogens with zero attached hydrogens (tertiary/aromatic N) is 1. The standard InChI is InChI=1S/C11H16Cl2N4S/c1-17(2)6-5-14-11(18)16-15-8-3-4-9(12)10(13)7-8/h3-4,7,15H,5-6H2,1-2H3,(H2,14,16,18). The van der Waals surface area contributed by atoms with Crippen molar-refractivity contribution in [3.63, 3.8) is 0 Å². The zero-order chi connectivity index (χ0) is 13.5. The van der Waals surface area contributed by atoms with Gasteiger partial charge in [-0.05, 0) is 44.5 Å². The molecule has 0 aliphatic heterocycles. The highest BCUT2D eigenvalue weighted by Gasteiger charge is 2.00. The molecule has 0 aliphatic carbocycles. The van der Waals surface area contributed by atoms with Gasteiger partial charge in [-0.25, -0.2) is 0 Å². The van der Waals surface area contributed by atoms with Crippen LogP contribution in [0.5, 0.6) is 0 Å². The van der Waals surface area contributed by atoms with E-state index < -0.39 is 0 Å².